The van der Waals surface area contributed by atoms with Crippen molar-refractivity contribution in [2.45, 2.75) is 20.8 Å². The minimum Gasteiger partial charge on any atom is -0.726 e. The molecular weight excluding hydrogens is 179 g/mol. The zero-order valence-corrected chi connectivity index (χ0v) is 10.1. The number of rotatable bonds is 2. The van der Waals surface area contributed by atoms with Gasteiger partial charge in [0.15, 0.2) is 0 Å². The molecule has 0 heterocycles. The van der Waals surface area contributed by atoms with Crippen molar-refractivity contribution in [3.8, 4) is 0 Å². The summed E-state index contributed by atoms with van der Waals surface area (Å²) in [7, 11) is -4.51. The van der Waals surface area contributed by atoms with Crippen LogP contribution in [0.3, 0.4) is 0 Å². The molecule has 0 saturated carbocycles. The van der Waals surface area contributed by atoms with Gasteiger partial charge < -0.3 is 4.55 Å². The summed E-state index contributed by atoms with van der Waals surface area (Å²) in [5.74, 6) is 0. The van der Waals surface area contributed by atoms with E-state index in [4.69, 9.17) is 0 Å². The van der Waals surface area contributed by atoms with Gasteiger partial charge in [-0.1, -0.05) is 20.8 Å². The first kappa shape index (κ1) is 14.4. The summed E-state index contributed by atoms with van der Waals surface area (Å²) >= 11 is 0. The van der Waals surface area contributed by atoms with Crippen molar-refractivity contribution in [2.24, 2.45) is 5.41 Å². The van der Waals surface area contributed by atoms with E-state index in [2.05, 4.69) is 4.18 Å². The van der Waals surface area contributed by atoms with Crippen molar-refractivity contribution < 1.29 is 46.7 Å². The van der Waals surface area contributed by atoms with Gasteiger partial charge in [0.25, 0.3) is 0 Å². The van der Waals surface area contributed by atoms with E-state index in [1.54, 1.807) is 20.8 Å². The third kappa shape index (κ3) is 13.8. The Hall–Kier alpha value is 0.870. The molecule has 0 fully saturated rings. The van der Waals surface area contributed by atoms with Crippen LogP contribution in [-0.2, 0) is 14.6 Å². The molecule has 0 bridgehead atoms. The Morgan fingerprint density at radius 2 is 1.73 bits per heavy atom. The van der Waals surface area contributed by atoms with Gasteiger partial charge in [0.2, 0.25) is 10.4 Å². The normalized spacial score (nSPS) is 12.4. The average Bonchev–Trinajstić information content (AvgIpc) is 1.57. The molecule has 0 aliphatic heterocycles. The molecule has 62 valence electrons. The Morgan fingerprint density at radius 1 is 1.36 bits per heavy atom. The van der Waals surface area contributed by atoms with Crippen LogP contribution in [0, 0.1) is 5.41 Å². The molecule has 0 aliphatic rings. The van der Waals surface area contributed by atoms with Crippen LogP contribution in [0.5, 0.6) is 0 Å². The van der Waals surface area contributed by atoms with Crippen molar-refractivity contribution in [1.82, 2.24) is 0 Å². The maximum absolute atomic E-state index is 9.90. The fraction of sp³-hybridized carbons (Fsp3) is 1.00. The van der Waals surface area contributed by atoms with E-state index in [1.165, 1.54) is 0 Å². The van der Waals surface area contributed by atoms with Crippen molar-refractivity contribution >= 4 is 10.4 Å². The van der Waals surface area contributed by atoms with Crippen molar-refractivity contribution in [3.05, 3.63) is 0 Å². The molecule has 0 spiro atoms. The second-order valence-electron chi connectivity index (χ2n) is 3.23. The van der Waals surface area contributed by atoms with Gasteiger partial charge in [0, 0.05) is 0 Å². The zero-order valence-electron chi connectivity index (χ0n) is 7.25. The Morgan fingerprint density at radius 3 is 1.82 bits per heavy atom. The Balaban J connectivity index is 0. The maximum Gasteiger partial charge on any atom is 1.00 e. The summed E-state index contributed by atoms with van der Waals surface area (Å²) in [6.07, 6.45) is 0. The molecule has 0 N–H and O–H groups in total. The predicted octanol–water partition coefficient (Wildman–Crippen LogP) is -2.49. The monoisotopic (exact) mass is 190 g/mol. The molecule has 0 saturated heterocycles. The molecule has 0 unspecified atom stereocenters. The van der Waals surface area contributed by atoms with E-state index in [1.807, 2.05) is 0 Å². The van der Waals surface area contributed by atoms with Gasteiger partial charge in [-0.25, -0.2) is 8.42 Å². The van der Waals surface area contributed by atoms with Crippen LogP contribution >= 0.6 is 0 Å². The van der Waals surface area contributed by atoms with Crippen LogP contribution in [0.25, 0.3) is 0 Å². The van der Waals surface area contributed by atoms with E-state index in [9.17, 15) is 13.0 Å². The second-order valence-corrected chi connectivity index (χ2v) is 4.28. The molecule has 0 aromatic rings. The quantitative estimate of drug-likeness (QED) is 0.274. The van der Waals surface area contributed by atoms with E-state index in [0.29, 0.717) is 0 Å². The minimum atomic E-state index is -4.51. The molecule has 0 aliphatic carbocycles. The largest absolute Gasteiger partial charge is 1.00 e. The van der Waals surface area contributed by atoms with Gasteiger partial charge in [0.1, 0.15) is 0 Å². The Kier molecular flexibility index (Phi) is 6.27. The molecule has 0 atom stereocenters. The first-order chi connectivity index (χ1) is 4.21. The van der Waals surface area contributed by atoms with Crippen LogP contribution in [0.2, 0.25) is 0 Å². The molecule has 0 rings (SSSR count). The summed E-state index contributed by atoms with van der Waals surface area (Å²) < 4.78 is 33.7. The van der Waals surface area contributed by atoms with Crippen LogP contribution in [-0.4, -0.2) is 19.6 Å². The number of hydrogen-bond donors (Lipinski definition) is 0. The fourth-order valence-corrected chi connectivity index (χ4v) is 0.747. The molecular formula is C5H11NaO4S. The average molecular weight is 190 g/mol. The SMILES string of the molecule is CC(C)(C)COS(=O)(=O)[O-].[Na+]. The summed E-state index contributed by atoms with van der Waals surface area (Å²) in [6.45, 7) is 5.26. The molecule has 0 amide bonds. The van der Waals surface area contributed by atoms with Crippen molar-refractivity contribution in [3.63, 3.8) is 0 Å². The molecule has 11 heavy (non-hydrogen) atoms. The zero-order chi connectivity index (χ0) is 8.41. The first-order valence-corrected chi connectivity index (χ1v) is 4.14. The van der Waals surface area contributed by atoms with E-state index in [-0.39, 0.29) is 41.6 Å². The summed E-state index contributed by atoms with van der Waals surface area (Å²) in [5, 5.41) is 0. The smallest absolute Gasteiger partial charge is 0.726 e. The maximum atomic E-state index is 9.90. The van der Waals surface area contributed by atoms with Crippen LogP contribution in [0.4, 0.5) is 0 Å². The summed E-state index contributed by atoms with van der Waals surface area (Å²) in [4.78, 5) is 0. The molecule has 6 heteroatoms. The van der Waals surface area contributed by atoms with Gasteiger partial charge in [0.05, 0.1) is 6.61 Å². The van der Waals surface area contributed by atoms with Gasteiger partial charge in [-0.15, -0.1) is 0 Å². The summed E-state index contributed by atoms with van der Waals surface area (Å²) in [6, 6.07) is 0. The van der Waals surface area contributed by atoms with Gasteiger partial charge in [-0.05, 0) is 5.41 Å². The minimum absolute atomic E-state index is 0. The molecule has 0 radical (unpaired) electrons. The summed E-state index contributed by atoms with van der Waals surface area (Å²) in [5.41, 5.74) is -0.294. The molecule has 0 aromatic heterocycles. The standard InChI is InChI=1S/C5H12O4S.Na/c1-5(2,3)4-9-10(6,7)8;/h4H2,1-3H3,(H,6,7,8);/q;+1/p-1. The topological polar surface area (TPSA) is 66.4 Å². The van der Waals surface area contributed by atoms with Crippen molar-refractivity contribution in [1.29, 1.82) is 0 Å². The van der Waals surface area contributed by atoms with Crippen LogP contribution < -0.4 is 29.6 Å². The Bertz CT molecular complexity index is 191. The third-order valence-electron chi connectivity index (χ3n) is 0.636. The van der Waals surface area contributed by atoms with E-state index < -0.39 is 10.4 Å². The van der Waals surface area contributed by atoms with Crippen LogP contribution in [0.15, 0.2) is 0 Å². The molecule has 4 nitrogen and oxygen atoms in total. The fourth-order valence-electron chi connectivity index (χ4n) is 0.249. The first-order valence-electron chi connectivity index (χ1n) is 2.81. The predicted molar refractivity (Wildman–Crippen MR) is 35.1 cm³/mol. The second kappa shape index (κ2) is 4.79. The van der Waals surface area contributed by atoms with Gasteiger partial charge in [-0.3, -0.25) is 4.18 Å². The van der Waals surface area contributed by atoms with Crippen molar-refractivity contribution in [2.75, 3.05) is 6.61 Å². The third-order valence-corrected chi connectivity index (χ3v) is 1.04. The van der Waals surface area contributed by atoms with E-state index in [0.717, 1.165) is 0 Å². The molecule has 0 aromatic carbocycles. The van der Waals surface area contributed by atoms with Gasteiger partial charge >= 0.3 is 29.6 Å². The van der Waals surface area contributed by atoms with Gasteiger partial charge in [-0.2, -0.15) is 0 Å². The van der Waals surface area contributed by atoms with Crippen LogP contribution in [0.1, 0.15) is 20.8 Å². The Labute approximate surface area is 89.6 Å². The number of hydrogen-bond acceptors (Lipinski definition) is 4. The van der Waals surface area contributed by atoms with E-state index >= 15 is 0 Å².